The topological polar surface area (TPSA) is 37.4 Å². The molecule has 1 fully saturated rings. The SMILES string of the molecule is CC1=C(C)C[C@H]2C(=O)N(c3ccc(C(C)C)cc3)C(=O)[C@H]2C1. The lowest BCUT2D eigenvalue weighted by Gasteiger charge is -2.23. The first-order valence-corrected chi connectivity index (χ1v) is 8.03. The quantitative estimate of drug-likeness (QED) is 0.610. The Kier molecular flexibility index (Phi) is 3.67. The van der Waals surface area contributed by atoms with E-state index >= 15 is 0 Å². The van der Waals surface area contributed by atoms with E-state index in [2.05, 4.69) is 27.7 Å². The van der Waals surface area contributed by atoms with Crippen molar-refractivity contribution in [3.63, 3.8) is 0 Å². The van der Waals surface area contributed by atoms with Crippen LogP contribution < -0.4 is 4.90 Å². The van der Waals surface area contributed by atoms with Crippen molar-refractivity contribution in [2.24, 2.45) is 11.8 Å². The summed E-state index contributed by atoms with van der Waals surface area (Å²) in [6.45, 7) is 8.41. The molecule has 3 rings (SSSR count). The van der Waals surface area contributed by atoms with E-state index in [9.17, 15) is 9.59 Å². The van der Waals surface area contributed by atoms with E-state index in [0.29, 0.717) is 11.6 Å². The Morgan fingerprint density at radius 3 is 1.77 bits per heavy atom. The number of hydrogen-bond acceptors (Lipinski definition) is 2. The van der Waals surface area contributed by atoms with Gasteiger partial charge in [-0.2, -0.15) is 0 Å². The fraction of sp³-hybridized carbons (Fsp3) is 0.474. The minimum atomic E-state index is -0.166. The summed E-state index contributed by atoms with van der Waals surface area (Å²) in [7, 11) is 0. The Balaban J connectivity index is 1.90. The fourth-order valence-corrected chi connectivity index (χ4v) is 3.51. The third kappa shape index (κ3) is 2.29. The van der Waals surface area contributed by atoms with E-state index in [1.165, 1.54) is 21.6 Å². The lowest BCUT2D eigenvalue weighted by molar-refractivity contribution is -0.122. The molecule has 1 heterocycles. The van der Waals surface area contributed by atoms with Gasteiger partial charge in [-0.3, -0.25) is 14.5 Å². The van der Waals surface area contributed by atoms with E-state index in [-0.39, 0.29) is 23.7 Å². The molecule has 0 saturated carbocycles. The van der Waals surface area contributed by atoms with E-state index in [1.54, 1.807) is 0 Å². The summed E-state index contributed by atoms with van der Waals surface area (Å²) in [5, 5.41) is 0. The van der Waals surface area contributed by atoms with Gasteiger partial charge in [0, 0.05) is 0 Å². The summed E-state index contributed by atoms with van der Waals surface area (Å²) in [6, 6.07) is 7.82. The Labute approximate surface area is 132 Å². The van der Waals surface area contributed by atoms with Crippen LogP contribution in [0.2, 0.25) is 0 Å². The molecule has 3 heteroatoms. The van der Waals surface area contributed by atoms with E-state index in [4.69, 9.17) is 0 Å². The Bertz CT molecular complexity index is 623. The van der Waals surface area contributed by atoms with Gasteiger partial charge in [0.2, 0.25) is 11.8 Å². The molecule has 1 aliphatic carbocycles. The highest BCUT2D eigenvalue weighted by atomic mass is 16.2. The maximum Gasteiger partial charge on any atom is 0.238 e. The highest BCUT2D eigenvalue weighted by Crippen LogP contribution is 2.42. The van der Waals surface area contributed by atoms with Gasteiger partial charge >= 0.3 is 0 Å². The van der Waals surface area contributed by atoms with Crippen LogP contribution in [0.25, 0.3) is 0 Å². The van der Waals surface area contributed by atoms with Crippen LogP contribution in [-0.4, -0.2) is 11.8 Å². The molecule has 0 unspecified atom stereocenters. The number of nitrogens with zero attached hydrogens (tertiary/aromatic N) is 1. The summed E-state index contributed by atoms with van der Waals surface area (Å²) in [5.74, 6) is 0.0522. The van der Waals surface area contributed by atoms with Crippen LogP contribution >= 0.6 is 0 Å². The number of benzene rings is 1. The summed E-state index contributed by atoms with van der Waals surface area (Å²) in [5.41, 5.74) is 4.46. The van der Waals surface area contributed by atoms with Gasteiger partial charge in [-0.15, -0.1) is 0 Å². The lowest BCUT2D eigenvalue weighted by Crippen LogP contribution is -2.30. The Morgan fingerprint density at radius 2 is 1.36 bits per heavy atom. The van der Waals surface area contributed by atoms with Crippen LogP contribution in [0.1, 0.15) is 52.0 Å². The van der Waals surface area contributed by atoms with Crippen LogP contribution in [0.15, 0.2) is 35.4 Å². The van der Waals surface area contributed by atoms with E-state index in [1.807, 2.05) is 24.3 Å². The number of fused-ring (bicyclic) bond motifs is 1. The summed E-state index contributed by atoms with van der Waals surface area (Å²) in [6.07, 6.45) is 1.45. The van der Waals surface area contributed by atoms with Crippen molar-refractivity contribution in [2.75, 3.05) is 4.90 Å². The molecule has 2 atom stereocenters. The molecular weight excluding hydrogens is 274 g/mol. The third-order valence-corrected chi connectivity index (χ3v) is 5.16. The molecule has 116 valence electrons. The summed E-state index contributed by atoms with van der Waals surface area (Å²) >= 11 is 0. The second kappa shape index (κ2) is 5.38. The number of allylic oxidation sites excluding steroid dienone is 2. The number of rotatable bonds is 2. The highest BCUT2D eigenvalue weighted by Gasteiger charge is 2.49. The van der Waals surface area contributed by atoms with Gasteiger partial charge in [0.05, 0.1) is 17.5 Å². The number of anilines is 1. The van der Waals surface area contributed by atoms with Crippen LogP contribution in [0.4, 0.5) is 5.69 Å². The van der Waals surface area contributed by atoms with Gasteiger partial charge < -0.3 is 0 Å². The maximum atomic E-state index is 12.7. The van der Waals surface area contributed by atoms with Crippen molar-refractivity contribution in [3.05, 3.63) is 41.0 Å². The van der Waals surface area contributed by atoms with E-state index < -0.39 is 0 Å². The molecule has 3 nitrogen and oxygen atoms in total. The van der Waals surface area contributed by atoms with Crippen LogP contribution in [0, 0.1) is 11.8 Å². The monoisotopic (exact) mass is 297 g/mol. The first-order valence-electron chi connectivity index (χ1n) is 8.03. The van der Waals surface area contributed by atoms with Gasteiger partial charge in [0.25, 0.3) is 0 Å². The normalized spacial score (nSPS) is 25.2. The Hall–Kier alpha value is -1.90. The smallest absolute Gasteiger partial charge is 0.238 e. The number of carbonyl (C=O) groups excluding carboxylic acids is 2. The standard InChI is InChI=1S/C19H23NO2/c1-11(2)14-5-7-15(8-6-14)20-18(21)16-9-12(3)13(4)10-17(16)19(20)22/h5-8,11,16-17H,9-10H2,1-4H3/t16-,17+. The summed E-state index contributed by atoms with van der Waals surface area (Å²) in [4.78, 5) is 26.8. The molecule has 0 bridgehead atoms. The molecule has 0 spiro atoms. The van der Waals surface area contributed by atoms with Crippen molar-refractivity contribution >= 4 is 17.5 Å². The first kappa shape index (κ1) is 15.0. The van der Waals surface area contributed by atoms with Gasteiger partial charge in [-0.1, -0.05) is 37.1 Å². The zero-order valence-corrected chi connectivity index (χ0v) is 13.7. The van der Waals surface area contributed by atoms with Crippen molar-refractivity contribution in [3.8, 4) is 0 Å². The highest BCUT2D eigenvalue weighted by molar-refractivity contribution is 6.22. The second-order valence-corrected chi connectivity index (χ2v) is 6.94. The first-order chi connectivity index (χ1) is 10.4. The predicted molar refractivity (Wildman–Crippen MR) is 87.6 cm³/mol. The molecule has 2 amide bonds. The zero-order chi connectivity index (χ0) is 16.0. The van der Waals surface area contributed by atoms with Crippen molar-refractivity contribution in [1.82, 2.24) is 0 Å². The molecule has 1 saturated heterocycles. The zero-order valence-electron chi connectivity index (χ0n) is 13.7. The molecular formula is C19H23NO2. The average Bonchev–Trinajstić information content (AvgIpc) is 2.72. The molecule has 0 aromatic heterocycles. The van der Waals surface area contributed by atoms with E-state index in [0.717, 1.165) is 12.8 Å². The average molecular weight is 297 g/mol. The molecule has 1 aromatic rings. The van der Waals surface area contributed by atoms with Crippen LogP contribution in [0.5, 0.6) is 0 Å². The van der Waals surface area contributed by atoms with Gasteiger partial charge in [-0.25, -0.2) is 0 Å². The minimum Gasteiger partial charge on any atom is -0.274 e. The lowest BCUT2D eigenvalue weighted by atomic mass is 9.78. The van der Waals surface area contributed by atoms with Crippen molar-refractivity contribution in [2.45, 2.75) is 46.5 Å². The molecule has 22 heavy (non-hydrogen) atoms. The van der Waals surface area contributed by atoms with Gasteiger partial charge in [0.1, 0.15) is 0 Å². The predicted octanol–water partition coefficient (Wildman–Crippen LogP) is 4.05. The summed E-state index contributed by atoms with van der Waals surface area (Å²) < 4.78 is 0. The van der Waals surface area contributed by atoms with Crippen molar-refractivity contribution in [1.29, 1.82) is 0 Å². The number of carbonyl (C=O) groups is 2. The van der Waals surface area contributed by atoms with Crippen LogP contribution in [0.3, 0.4) is 0 Å². The molecule has 2 aliphatic rings. The second-order valence-electron chi connectivity index (χ2n) is 6.94. The Morgan fingerprint density at radius 1 is 0.909 bits per heavy atom. The molecule has 1 aromatic carbocycles. The number of imide groups is 1. The maximum absolute atomic E-state index is 12.7. The van der Waals surface area contributed by atoms with Gasteiger partial charge in [-0.05, 0) is 50.3 Å². The minimum absolute atomic E-state index is 0.0286. The number of hydrogen-bond donors (Lipinski definition) is 0. The van der Waals surface area contributed by atoms with Crippen LogP contribution in [-0.2, 0) is 9.59 Å². The largest absolute Gasteiger partial charge is 0.274 e. The molecule has 0 N–H and O–H groups in total. The molecule has 0 radical (unpaired) electrons. The number of amides is 2. The molecule has 1 aliphatic heterocycles. The van der Waals surface area contributed by atoms with Crippen molar-refractivity contribution < 1.29 is 9.59 Å². The van der Waals surface area contributed by atoms with Gasteiger partial charge in [0.15, 0.2) is 0 Å². The fourth-order valence-electron chi connectivity index (χ4n) is 3.51. The third-order valence-electron chi connectivity index (χ3n) is 5.16.